The van der Waals surface area contributed by atoms with E-state index in [4.69, 9.17) is 0 Å². The number of carboxylic acid groups (broad SMARTS) is 1. The van der Waals surface area contributed by atoms with E-state index in [0.717, 1.165) is 0 Å². The minimum Gasteiger partial charge on any atom is -0.476 e. The molecule has 3 rings (SSSR count). The molecule has 0 saturated heterocycles. The van der Waals surface area contributed by atoms with E-state index in [9.17, 15) is 20.0 Å². The molecular formula is C15H10N4O4. The van der Waals surface area contributed by atoms with Crippen LogP contribution in [0.3, 0.4) is 0 Å². The lowest BCUT2D eigenvalue weighted by Gasteiger charge is -2.07. The molecule has 1 aromatic heterocycles. The summed E-state index contributed by atoms with van der Waals surface area (Å²) < 4.78 is 1.28. The number of nitrogens with zero attached hydrogens (tertiary/aromatic N) is 4. The Hall–Kier alpha value is -3.55. The lowest BCUT2D eigenvalue weighted by atomic mass is 10.1. The van der Waals surface area contributed by atoms with E-state index in [1.807, 2.05) is 0 Å². The highest BCUT2D eigenvalue weighted by Crippen LogP contribution is 2.26. The molecule has 1 heterocycles. The van der Waals surface area contributed by atoms with Crippen LogP contribution >= 0.6 is 0 Å². The van der Waals surface area contributed by atoms with Gasteiger partial charge in [-0.2, -0.15) is 0 Å². The van der Waals surface area contributed by atoms with E-state index in [-0.39, 0.29) is 17.1 Å². The summed E-state index contributed by atoms with van der Waals surface area (Å²) in [4.78, 5) is 21.8. The molecule has 0 saturated carbocycles. The van der Waals surface area contributed by atoms with Gasteiger partial charge in [0.25, 0.3) is 5.69 Å². The van der Waals surface area contributed by atoms with Gasteiger partial charge in [0.2, 0.25) is 0 Å². The van der Waals surface area contributed by atoms with E-state index in [1.165, 1.54) is 22.9 Å². The molecule has 2 aromatic carbocycles. The van der Waals surface area contributed by atoms with Crippen LogP contribution in [0, 0.1) is 10.1 Å². The number of non-ortho nitro benzene ring substituents is 1. The summed E-state index contributed by atoms with van der Waals surface area (Å²) in [5.74, 6) is -1.22. The van der Waals surface area contributed by atoms with Crippen LogP contribution in [-0.4, -0.2) is 31.0 Å². The molecule has 0 amide bonds. The summed E-state index contributed by atoms with van der Waals surface area (Å²) in [5, 5.41) is 27.8. The van der Waals surface area contributed by atoms with E-state index in [1.54, 1.807) is 36.4 Å². The van der Waals surface area contributed by atoms with Crippen molar-refractivity contribution in [2.45, 2.75) is 0 Å². The van der Waals surface area contributed by atoms with Crippen LogP contribution < -0.4 is 0 Å². The molecule has 0 atom stereocenters. The fraction of sp³-hybridized carbons (Fsp3) is 0. The molecule has 0 aliphatic carbocycles. The molecule has 0 aliphatic rings. The first-order valence-corrected chi connectivity index (χ1v) is 6.57. The van der Waals surface area contributed by atoms with Gasteiger partial charge in [-0.05, 0) is 6.07 Å². The molecule has 0 bridgehead atoms. The van der Waals surface area contributed by atoms with Crippen molar-refractivity contribution >= 4 is 11.7 Å². The maximum Gasteiger partial charge on any atom is 0.358 e. The first kappa shape index (κ1) is 14.4. The Morgan fingerprint density at radius 3 is 2.52 bits per heavy atom. The van der Waals surface area contributed by atoms with Crippen molar-refractivity contribution in [2.75, 3.05) is 0 Å². The Kier molecular flexibility index (Phi) is 3.55. The zero-order valence-electron chi connectivity index (χ0n) is 11.7. The molecule has 0 spiro atoms. The highest BCUT2D eigenvalue weighted by molar-refractivity contribution is 5.93. The summed E-state index contributed by atoms with van der Waals surface area (Å²) in [6.07, 6.45) is 0. The predicted molar refractivity (Wildman–Crippen MR) is 80.4 cm³/mol. The molecule has 0 fully saturated rings. The average molecular weight is 310 g/mol. The Bertz CT molecular complexity index is 890. The number of aromatic carboxylic acids is 1. The summed E-state index contributed by atoms with van der Waals surface area (Å²) in [5.41, 5.74) is 0.884. The SMILES string of the molecule is O=C(O)c1nnn(-c2cccc([N+](=O)[O-])c2)c1-c1ccccc1. The molecular weight excluding hydrogens is 300 g/mol. The molecule has 8 heteroatoms. The molecule has 1 N–H and O–H groups in total. The molecule has 0 aliphatic heterocycles. The van der Waals surface area contributed by atoms with Gasteiger partial charge in [-0.3, -0.25) is 10.1 Å². The highest BCUT2D eigenvalue weighted by Gasteiger charge is 2.22. The van der Waals surface area contributed by atoms with Crippen molar-refractivity contribution in [1.82, 2.24) is 15.0 Å². The van der Waals surface area contributed by atoms with Crippen LogP contribution in [0.1, 0.15) is 10.5 Å². The van der Waals surface area contributed by atoms with E-state index in [0.29, 0.717) is 11.3 Å². The standard InChI is InChI=1S/C15H10N4O4/c20-15(21)13-14(10-5-2-1-3-6-10)18(17-16-13)11-7-4-8-12(9-11)19(22)23/h1-9H,(H,20,21). The van der Waals surface area contributed by atoms with Gasteiger partial charge >= 0.3 is 5.97 Å². The summed E-state index contributed by atoms with van der Waals surface area (Å²) in [6, 6.07) is 14.5. The third-order valence-electron chi connectivity index (χ3n) is 3.21. The molecule has 0 radical (unpaired) electrons. The zero-order chi connectivity index (χ0) is 16.4. The third kappa shape index (κ3) is 2.64. The van der Waals surface area contributed by atoms with Crippen LogP contribution in [0.4, 0.5) is 5.69 Å². The Morgan fingerprint density at radius 1 is 1.13 bits per heavy atom. The minimum atomic E-state index is -1.22. The normalized spacial score (nSPS) is 10.4. The van der Waals surface area contributed by atoms with E-state index >= 15 is 0 Å². The van der Waals surface area contributed by atoms with Gasteiger partial charge in [0, 0.05) is 17.7 Å². The first-order valence-electron chi connectivity index (χ1n) is 6.57. The number of nitro benzene ring substituents is 1. The van der Waals surface area contributed by atoms with Crippen molar-refractivity contribution in [3.63, 3.8) is 0 Å². The number of benzene rings is 2. The van der Waals surface area contributed by atoms with Crippen molar-refractivity contribution in [3.8, 4) is 16.9 Å². The molecule has 114 valence electrons. The smallest absolute Gasteiger partial charge is 0.358 e. The van der Waals surface area contributed by atoms with Crippen molar-refractivity contribution < 1.29 is 14.8 Å². The Labute approximate surface area is 129 Å². The third-order valence-corrected chi connectivity index (χ3v) is 3.21. The highest BCUT2D eigenvalue weighted by atomic mass is 16.6. The quantitative estimate of drug-likeness (QED) is 0.585. The lowest BCUT2D eigenvalue weighted by molar-refractivity contribution is -0.384. The molecule has 23 heavy (non-hydrogen) atoms. The predicted octanol–water partition coefficient (Wildman–Crippen LogP) is 2.54. The summed E-state index contributed by atoms with van der Waals surface area (Å²) in [6.45, 7) is 0. The van der Waals surface area contributed by atoms with Gasteiger partial charge in [-0.15, -0.1) is 5.10 Å². The fourth-order valence-corrected chi connectivity index (χ4v) is 2.20. The fourth-order valence-electron chi connectivity index (χ4n) is 2.20. The van der Waals surface area contributed by atoms with Crippen LogP contribution in [-0.2, 0) is 0 Å². The average Bonchev–Trinajstić information content (AvgIpc) is 3.01. The second-order valence-electron chi connectivity index (χ2n) is 4.65. The lowest BCUT2D eigenvalue weighted by Crippen LogP contribution is -2.03. The maximum absolute atomic E-state index is 11.4. The second-order valence-corrected chi connectivity index (χ2v) is 4.65. The van der Waals surface area contributed by atoms with Gasteiger partial charge in [0.05, 0.1) is 10.6 Å². The van der Waals surface area contributed by atoms with Crippen molar-refractivity contribution in [2.24, 2.45) is 0 Å². The van der Waals surface area contributed by atoms with Gasteiger partial charge in [0.1, 0.15) is 5.69 Å². The minimum absolute atomic E-state index is 0.117. The zero-order valence-corrected chi connectivity index (χ0v) is 11.7. The van der Waals surface area contributed by atoms with Gasteiger partial charge in [-0.1, -0.05) is 41.6 Å². The number of carbonyl (C=O) groups is 1. The van der Waals surface area contributed by atoms with Crippen LogP contribution in [0.5, 0.6) is 0 Å². The first-order chi connectivity index (χ1) is 11.1. The summed E-state index contributed by atoms with van der Waals surface area (Å²) in [7, 11) is 0. The topological polar surface area (TPSA) is 111 Å². The van der Waals surface area contributed by atoms with E-state index in [2.05, 4.69) is 10.3 Å². The second kappa shape index (κ2) is 5.68. The number of carboxylic acids is 1. The van der Waals surface area contributed by atoms with Crippen molar-refractivity contribution in [3.05, 3.63) is 70.4 Å². The molecule has 0 unspecified atom stereocenters. The van der Waals surface area contributed by atoms with Crippen molar-refractivity contribution in [1.29, 1.82) is 0 Å². The van der Waals surface area contributed by atoms with Crippen LogP contribution in [0.2, 0.25) is 0 Å². The molecule has 3 aromatic rings. The number of hydrogen-bond donors (Lipinski definition) is 1. The number of rotatable bonds is 4. The number of hydrogen-bond acceptors (Lipinski definition) is 5. The van der Waals surface area contributed by atoms with Gasteiger partial charge in [0.15, 0.2) is 5.69 Å². The number of aromatic nitrogens is 3. The number of nitro groups is 1. The Morgan fingerprint density at radius 2 is 1.87 bits per heavy atom. The van der Waals surface area contributed by atoms with Crippen LogP contribution in [0.15, 0.2) is 54.6 Å². The van der Waals surface area contributed by atoms with Gasteiger partial charge in [-0.25, -0.2) is 9.48 Å². The monoisotopic (exact) mass is 310 g/mol. The van der Waals surface area contributed by atoms with Gasteiger partial charge < -0.3 is 5.11 Å². The largest absolute Gasteiger partial charge is 0.476 e. The van der Waals surface area contributed by atoms with E-state index < -0.39 is 10.9 Å². The maximum atomic E-state index is 11.4. The molecule has 8 nitrogen and oxygen atoms in total. The Balaban J connectivity index is 2.23. The van der Waals surface area contributed by atoms with Crippen LogP contribution in [0.25, 0.3) is 16.9 Å². The summed E-state index contributed by atoms with van der Waals surface area (Å²) >= 11 is 0.